The van der Waals surface area contributed by atoms with Crippen molar-refractivity contribution >= 4 is 75.7 Å². The van der Waals surface area contributed by atoms with Gasteiger partial charge in [-0.15, -0.1) is 0 Å². The third-order valence-corrected chi connectivity index (χ3v) is 9.62. The number of carbonyl (C=O) groups is 2. The second-order valence-corrected chi connectivity index (χ2v) is 11.8. The molecule has 4 N–H and O–H groups in total. The van der Waals surface area contributed by atoms with E-state index in [0.29, 0.717) is 8.95 Å². The Morgan fingerprint density at radius 3 is 1.22 bits per heavy atom. The van der Waals surface area contributed by atoms with Crippen LogP contribution in [0.5, 0.6) is 0 Å². The predicted molar refractivity (Wildman–Crippen MR) is 144 cm³/mol. The molecule has 0 aliphatic heterocycles. The van der Waals surface area contributed by atoms with Crippen LogP contribution in [0.15, 0.2) is 17.9 Å². The summed E-state index contributed by atoms with van der Waals surface area (Å²) in [7, 11) is 0. The molecule has 1 rings (SSSR count). The Hall–Kier alpha value is -0.160. The first-order valence-corrected chi connectivity index (χ1v) is 13.8. The van der Waals surface area contributed by atoms with Crippen molar-refractivity contribution in [1.82, 2.24) is 0 Å². The molecular formula is C22H30Br4O10. The summed E-state index contributed by atoms with van der Waals surface area (Å²) in [5, 5.41) is 40.0. The average Bonchev–Trinajstić information content (AvgIpc) is 2.76. The molecule has 206 valence electrons. The molecule has 0 radical (unpaired) electrons. The van der Waals surface area contributed by atoms with E-state index in [9.17, 15) is 30.0 Å². The predicted octanol–water partition coefficient (Wildman–Crippen LogP) is 4.04. The minimum atomic E-state index is -1.93. The molecule has 1 aromatic carbocycles. The van der Waals surface area contributed by atoms with E-state index in [-0.39, 0.29) is 20.1 Å². The van der Waals surface area contributed by atoms with Gasteiger partial charge in [0.25, 0.3) is 0 Å². The van der Waals surface area contributed by atoms with E-state index in [1.54, 1.807) is 0 Å². The van der Waals surface area contributed by atoms with Crippen molar-refractivity contribution < 1.29 is 49.0 Å². The lowest BCUT2D eigenvalue weighted by molar-refractivity contribution is -0.246. The summed E-state index contributed by atoms with van der Waals surface area (Å²) in [5.41, 5.74) is -0.474. The van der Waals surface area contributed by atoms with Crippen molar-refractivity contribution in [3.63, 3.8) is 0 Å². The number of hydrogen-bond acceptors (Lipinski definition) is 10. The van der Waals surface area contributed by atoms with Crippen LogP contribution >= 0.6 is 63.7 Å². The number of ether oxygens (including phenoxy) is 4. The molecule has 0 aromatic heterocycles. The molecule has 10 nitrogen and oxygen atoms in total. The Morgan fingerprint density at radius 2 is 0.972 bits per heavy atom. The van der Waals surface area contributed by atoms with Gasteiger partial charge in [0.05, 0.1) is 35.5 Å². The van der Waals surface area contributed by atoms with Gasteiger partial charge >= 0.3 is 11.9 Å². The highest BCUT2D eigenvalue weighted by atomic mass is 79.9. The molecule has 0 bridgehead atoms. The van der Waals surface area contributed by atoms with Gasteiger partial charge in [-0.2, -0.15) is 0 Å². The van der Waals surface area contributed by atoms with E-state index >= 15 is 0 Å². The van der Waals surface area contributed by atoms with E-state index in [1.165, 1.54) is 41.5 Å². The maximum Gasteiger partial charge on any atom is 0.340 e. The smallest absolute Gasteiger partial charge is 0.340 e. The lowest BCUT2D eigenvalue weighted by atomic mass is 10.1. The zero-order chi connectivity index (χ0) is 28.2. The number of halogens is 4. The monoisotopic (exact) mass is 770 g/mol. The Kier molecular flexibility index (Phi) is 12.9. The first-order chi connectivity index (χ1) is 16.3. The number of carbonyl (C=O) groups excluding carboxylic acids is 2. The molecule has 0 aliphatic rings. The molecule has 0 saturated heterocycles. The van der Waals surface area contributed by atoms with Crippen LogP contribution in [0, 0.1) is 0 Å². The van der Waals surface area contributed by atoms with Crippen molar-refractivity contribution in [2.75, 3.05) is 13.2 Å². The highest BCUT2D eigenvalue weighted by Gasteiger charge is 2.34. The molecule has 6 atom stereocenters. The molecule has 0 aliphatic carbocycles. The van der Waals surface area contributed by atoms with Crippen molar-refractivity contribution in [2.24, 2.45) is 0 Å². The summed E-state index contributed by atoms with van der Waals surface area (Å²) in [6, 6.07) is 0. The summed E-state index contributed by atoms with van der Waals surface area (Å²) in [6.07, 6.45) is -3.27. The molecule has 14 heteroatoms. The Balaban J connectivity index is 3.22. The molecule has 0 saturated carbocycles. The number of aliphatic hydroxyl groups excluding tert-OH is 2. The minimum Gasteiger partial charge on any atom is -0.456 e. The number of esters is 2. The first-order valence-electron chi connectivity index (χ1n) is 10.7. The fraction of sp³-hybridized carbons (Fsp3) is 0.636. The van der Waals surface area contributed by atoms with Crippen LogP contribution < -0.4 is 0 Å². The van der Waals surface area contributed by atoms with Gasteiger partial charge in [-0.1, -0.05) is 0 Å². The normalized spacial score (nSPS) is 18.4. The Morgan fingerprint density at radius 1 is 0.694 bits per heavy atom. The summed E-state index contributed by atoms with van der Waals surface area (Å²) in [4.78, 5) is 26.1. The minimum absolute atomic E-state index is 0.151. The Bertz CT molecular complexity index is 874. The van der Waals surface area contributed by atoms with Crippen LogP contribution in [-0.2, 0) is 18.9 Å². The second-order valence-electron chi connectivity index (χ2n) is 8.64. The largest absolute Gasteiger partial charge is 0.456 e. The molecule has 0 amide bonds. The van der Waals surface area contributed by atoms with Crippen LogP contribution in [0.1, 0.15) is 62.3 Å². The lowest BCUT2D eigenvalue weighted by Crippen LogP contribution is -2.41. The van der Waals surface area contributed by atoms with Crippen molar-refractivity contribution in [1.29, 1.82) is 0 Å². The first kappa shape index (κ1) is 33.9. The number of hydrogen-bond donors (Lipinski definition) is 4. The van der Waals surface area contributed by atoms with Crippen LogP contribution in [0.4, 0.5) is 0 Å². The molecule has 0 fully saturated rings. The van der Waals surface area contributed by atoms with Gasteiger partial charge in [0.15, 0.2) is 11.6 Å². The standard InChI is InChI=1S/C22H30Br4O10/c1-9(27)11(3)35-21(5,31)7-33-19(29)13-14(16(24)18(26)17(25)15(13)23)20(30)34-8-22(6,32)36-12(4)10(2)28/h9-12,27-28,31-32H,7-8H2,1-6H3. The van der Waals surface area contributed by atoms with E-state index < -0.39 is 61.1 Å². The molecule has 1 aromatic rings. The number of rotatable bonds is 12. The molecule has 0 heterocycles. The zero-order valence-corrected chi connectivity index (χ0v) is 26.8. The third kappa shape index (κ3) is 9.54. The topological polar surface area (TPSA) is 152 Å². The van der Waals surface area contributed by atoms with E-state index in [2.05, 4.69) is 63.7 Å². The van der Waals surface area contributed by atoms with Crippen LogP contribution in [-0.4, -0.2) is 81.6 Å². The van der Waals surface area contributed by atoms with Crippen LogP contribution in [0.2, 0.25) is 0 Å². The number of benzene rings is 1. The van der Waals surface area contributed by atoms with E-state index in [1.807, 2.05) is 0 Å². The van der Waals surface area contributed by atoms with Gasteiger partial charge in [0.2, 0.25) is 0 Å². The SMILES string of the molecule is CC(O)C(C)OC(C)(O)COC(=O)c1c(Br)c(Br)c(Br)c(Br)c1C(=O)OCC(C)(O)OC(C)C(C)O. The summed E-state index contributed by atoms with van der Waals surface area (Å²) >= 11 is 13.2. The van der Waals surface area contributed by atoms with Crippen molar-refractivity contribution in [3.8, 4) is 0 Å². The van der Waals surface area contributed by atoms with Gasteiger partial charge in [-0.05, 0) is 105 Å². The fourth-order valence-electron chi connectivity index (χ4n) is 2.62. The van der Waals surface area contributed by atoms with Crippen molar-refractivity contribution in [3.05, 3.63) is 29.0 Å². The maximum absolute atomic E-state index is 13.1. The third-order valence-electron chi connectivity index (χ3n) is 4.86. The highest BCUT2D eigenvalue weighted by molar-refractivity contribution is 9.15. The molecular weight excluding hydrogens is 744 g/mol. The lowest BCUT2D eigenvalue weighted by Gasteiger charge is -2.29. The maximum atomic E-state index is 13.1. The average molecular weight is 774 g/mol. The van der Waals surface area contributed by atoms with Crippen LogP contribution in [0.3, 0.4) is 0 Å². The molecule has 0 spiro atoms. The zero-order valence-electron chi connectivity index (χ0n) is 20.5. The van der Waals surface area contributed by atoms with Gasteiger partial charge < -0.3 is 39.4 Å². The quantitative estimate of drug-likeness (QED) is 0.106. The second kappa shape index (κ2) is 13.8. The fourth-order valence-corrected chi connectivity index (χ4v) is 5.07. The van der Waals surface area contributed by atoms with E-state index in [0.717, 1.165) is 0 Å². The summed E-state index contributed by atoms with van der Waals surface area (Å²) < 4.78 is 22.2. The molecule has 36 heavy (non-hydrogen) atoms. The van der Waals surface area contributed by atoms with E-state index in [4.69, 9.17) is 18.9 Å². The number of aliphatic hydroxyl groups is 4. The van der Waals surface area contributed by atoms with Crippen molar-refractivity contribution in [2.45, 2.75) is 77.5 Å². The summed E-state index contributed by atoms with van der Waals surface area (Å²) in [6.45, 7) is 7.31. The van der Waals surface area contributed by atoms with Gasteiger partial charge in [-0.3, -0.25) is 0 Å². The summed E-state index contributed by atoms with van der Waals surface area (Å²) in [5.74, 6) is -5.86. The Labute approximate surface area is 243 Å². The van der Waals surface area contributed by atoms with Gasteiger partial charge in [0, 0.05) is 17.9 Å². The molecule has 6 unspecified atom stereocenters. The van der Waals surface area contributed by atoms with Gasteiger partial charge in [-0.25, -0.2) is 9.59 Å². The van der Waals surface area contributed by atoms with Crippen LogP contribution in [0.25, 0.3) is 0 Å². The highest BCUT2D eigenvalue weighted by Crippen LogP contribution is 2.43. The van der Waals surface area contributed by atoms with Gasteiger partial charge in [0.1, 0.15) is 13.2 Å².